The van der Waals surface area contributed by atoms with Gasteiger partial charge in [-0.25, -0.2) is 0 Å². The molecule has 3 heteroatoms. The van der Waals surface area contributed by atoms with Crippen LogP contribution in [0, 0.1) is 0 Å². The van der Waals surface area contributed by atoms with E-state index in [1.165, 1.54) is 18.4 Å². The summed E-state index contributed by atoms with van der Waals surface area (Å²) in [5.41, 5.74) is 2.44. The summed E-state index contributed by atoms with van der Waals surface area (Å²) in [6.45, 7) is 0.714. The summed E-state index contributed by atoms with van der Waals surface area (Å²) >= 11 is 0. The Morgan fingerprint density at radius 1 is 1.44 bits per heavy atom. The summed E-state index contributed by atoms with van der Waals surface area (Å²) in [4.78, 5) is 4.42. The van der Waals surface area contributed by atoms with Crippen LogP contribution in [0.15, 0.2) is 18.3 Å². The number of aromatic nitrogens is 1. The first-order chi connectivity index (χ1) is 7.84. The van der Waals surface area contributed by atoms with E-state index in [0.717, 1.165) is 18.5 Å². The van der Waals surface area contributed by atoms with Crippen molar-refractivity contribution >= 4 is 0 Å². The monoisotopic (exact) mass is 218 g/mol. The Morgan fingerprint density at radius 3 is 3.12 bits per heavy atom. The van der Waals surface area contributed by atoms with Gasteiger partial charge in [-0.05, 0) is 37.3 Å². The molecule has 3 nitrogen and oxygen atoms in total. The molecule has 0 aromatic carbocycles. The van der Waals surface area contributed by atoms with Crippen LogP contribution in [0.1, 0.15) is 36.4 Å². The fourth-order valence-corrected chi connectivity index (χ4v) is 2.54. The smallest absolute Gasteiger partial charge is 0.0748 e. The van der Waals surface area contributed by atoms with Gasteiger partial charge < -0.3 is 10.4 Å². The van der Waals surface area contributed by atoms with Crippen LogP contribution in [0.2, 0.25) is 0 Å². The molecule has 0 saturated heterocycles. The third-order valence-corrected chi connectivity index (χ3v) is 3.66. The summed E-state index contributed by atoms with van der Waals surface area (Å²) in [6.07, 6.45) is 6.20. The lowest BCUT2D eigenvalue weighted by atomic mass is 9.99. The molecule has 2 N–H and O–H groups in total. The van der Waals surface area contributed by atoms with E-state index in [2.05, 4.69) is 16.4 Å². The highest BCUT2D eigenvalue weighted by Gasteiger charge is 2.31. The van der Waals surface area contributed by atoms with Crippen LogP contribution < -0.4 is 5.32 Å². The molecule has 1 saturated carbocycles. The second kappa shape index (κ2) is 4.15. The van der Waals surface area contributed by atoms with Crippen molar-refractivity contribution in [3.8, 4) is 0 Å². The summed E-state index contributed by atoms with van der Waals surface area (Å²) < 4.78 is 0. The minimum atomic E-state index is -0.281. The first-order valence-corrected chi connectivity index (χ1v) is 6.20. The van der Waals surface area contributed by atoms with E-state index >= 15 is 0 Å². The molecule has 1 aromatic rings. The zero-order valence-corrected chi connectivity index (χ0v) is 9.39. The lowest BCUT2D eigenvalue weighted by Crippen LogP contribution is -2.32. The normalized spacial score (nSPS) is 25.4. The predicted molar refractivity (Wildman–Crippen MR) is 62.3 cm³/mol. The van der Waals surface area contributed by atoms with Gasteiger partial charge in [-0.3, -0.25) is 4.98 Å². The van der Waals surface area contributed by atoms with Crippen LogP contribution in [0.25, 0.3) is 0 Å². The molecule has 0 amide bonds. The van der Waals surface area contributed by atoms with Gasteiger partial charge in [0.15, 0.2) is 0 Å². The van der Waals surface area contributed by atoms with Gasteiger partial charge in [-0.2, -0.15) is 0 Å². The molecule has 3 rings (SSSR count). The Kier molecular flexibility index (Phi) is 2.65. The maximum Gasteiger partial charge on any atom is 0.0748 e. The zero-order chi connectivity index (χ0) is 11.0. The summed E-state index contributed by atoms with van der Waals surface area (Å²) in [6, 6.07) is 4.78. The maximum absolute atomic E-state index is 10.2. The molecule has 1 heterocycles. The molecule has 1 aromatic heterocycles. The standard InChI is InChI=1S/C13H18N2O/c16-12(8-15-10-4-5-10)11-6-3-9-2-1-7-14-13(9)11/h1-2,7,10-12,15-16H,3-6,8H2. The molecule has 0 aliphatic heterocycles. The van der Waals surface area contributed by atoms with Gasteiger partial charge >= 0.3 is 0 Å². The Bertz CT molecular complexity index is 376. The molecule has 16 heavy (non-hydrogen) atoms. The lowest BCUT2D eigenvalue weighted by molar-refractivity contribution is 0.138. The van der Waals surface area contributed by atoms with E-state index in [1.807, 2.05) is 12.3 Å². The SMILES string of the molecule is OC(CNC1CC1)C1CCc2cccnc21. The lowest BCUT2D eigenvalue weighted by Gasteiger charge is -2.18. The molecule has 0 spiro atoms. The highest BCUT2D eigenvalue weighted by molar-refractivity contribution is 5.29. The minimum absolute atomic E-state index is 0.238. The molecule has 1 fully saturated rings. The van der Waals surface area contributed by atoms with Crippen LogP contribution in [0.3, 0.4) is 0 Å². The summed E-state index contributed by atoms with van der Waals surface area (Å²) in [5, 5.41) is 13.6. The van der Waals surface area contributed by atoms with Gasteiger partial charge in [-0.1, -0.05) is 6.07 Å². The zero-order valence-electron chi connectivity index (χ0n) is 9.39. The Balaban J connectivity index is 1.66. The van der Waals surface area contributed by atoms with E-state index in [-0.39, 0.29) is 12.0 Å². The van der Waals surface area contributed by atoms with Crippen LogP contribution in [-0.2, 0) is 6.42 Å². The van der Waals surface area contributed by atoms with Gasteiger partial charge in [0.25, 0.3) is 0 Å². The maximum atomic E-state index is 10.2. The summed E-state index contributed by atoms with van der Waals surface area (Å²) in [7, 11) is 0. The first-order valence-electron chi connectivity index (χ1n) is 6.20. The van der Waals surface area contributed by atoms with Crippen molar-refractivity contribution in [3.05, 3.63) is 29.6 Å². The predicted octanol–water partition coefficient (Wildman–Crippen LogP) is 1.22. The number of rotatable bonds is 4. The molecule has 2 aliphatic rings. The van der Waals surface area contributed by atoms with E-state index < -0.39 is 0 Å². The van der Waals surface area contributed by atoms with Crippen molar-refractivity contribution in [2.75, 3.05) is 6.54 Å². The van der Waals surface area contributed by atoms with Crippen molar-refractivity contribution in [2.45, 2.75) is 43.7 Å². The fraction of sp³-hybridized carbons (Fsp3) is 0.615. The van der Waals surface area contributed by atoms with Crippen molar-refractivity contribution in [1.29, 1.82) is 0 Å². The van der Waals surface area contributed by atoms with Gasteiger partial charge in [-0.15, -0.1) is 0 Å². The van der Waals surface area contributed by atoms with Gasteiger partial charge in [0.05, 0.1) is 6.10 Å². The molecular weight excluding hydrogens is 200 g/mol. The van der Waals surface area contributed by atoms with Crippen LogP contribution in [0.4, 0.5) is 0 Å². The number of aliphatic hydroxyl groups excluding tert-OH is 1. The van der Waals surface area contributed by atoms with Crippen molar-refractivity contribution < 1.29 is 5.11 Å². The number of fused-ring (bicyclic) bond motifs is 1. The second-order valence-electron chi connectivity index (χ2n) is 4.94. The van der Waals surface area contributed by atoms with Crippen molar-refractivity contribution in [1.82, 2.24) is 10.3 Å². The van der Waals surface area contributed by atoms with E-state index in [0.29, 0.717) is 12.6 Å². The second-order valence-corrected chi connectivity index (χ2v) is 4.94. The minimum Gasteiger partial charge on any atom is -0.391 e. The Morgan fingerprint density at radius 2 is 2.31 bits per heavy atom. The van der Waals surface area contributed by atoms with Crippen LogP contribution >= 0.6 is 0 Å². The topological polar surface area (TPSA) is 45.1 Å². The van der Waals surface area contributed by atoms with E-state index in [9.17, 15) is 5.11 Å². The van der Waals surface area contributed by atoms with Crippen LogP contribution in [-0.4, -0.2) is 28.8 Å². The molecule has 0 bridgehead atoms. The van der Waals surface area contributed by atoms with Crippen molar-refractivity contribution in [2.24, 2.45) is 0 Å². The highest BCUT2D eigenvalue weighted by Crippen LogP contribution is 2.33. The number of aliphatic hydroxyl groups is 1. The number of nitrogens with one attached hydrogen (secondary N) is 1. The van der Waals surface area contributed by atoms with Crippen molar-refractivity contribution in [3.63, 3.8) is 0 Å². The van der Waals surface area contributed by atoms with Gasteiger partial charge in [0.2, 0.25) is 0 Å². The number of nitrogens with zero attached hydrogens (tertiary/aromatic N) is 1. The highest BCUT2D eigenvalue weighted by atomic mass is 16.3. The van der Waals surface area contributed by atoms with Gasteiger partial charge in [0, 0.05) is 30.4 Å². The third kappa shape index (κ3) is 1.97. The summed E-state index contributed by atoms with van der Waals surface area (Å²) in [5.74, 6) is 0.238. The molecule has 0 radical (unpaired) electrons. The molecule has 2 atom stereocenters. The largest absolute Gasteiger partial charge is 0.391 e. The third-order valence-electron chi connectivity index (χ3n) is 3.66. The number of pyridine rings is 1. The number of hydrogen-bond donors (Lipinski definition) is 2. The first kappa shape index (κ1) is 10.2. The molecule has 2 aliphatic carbocycles. The van der Waals surface area contributed by atoms with Gasteiger partial charge in [0.1, 0.15) is 0 Å². The van der Waals surface area contributed by atoms with Crippen LogP contribution in [0.5, 0.6) is 0 Å². The molecular formula is C13H18N2O. The molecule has 86 valence electrons. The number of aryl methyl sites for hydroxylation is 1. The number of hydrogen-bond acceptors (Lipinski definition) is 3. The Labute approximate surface area is 95.9 Å². The quantitative estimate of drug-likeness (QED) is 0.799. The average molecular weight is 218 g/mol. The average Bonchev–Trinajstić information content (AvgIpc) is 3.04. The van der Waals surface area contributed by atoms with E-state index in [1.54, 1.807) is 0 Å². The molecule has 2 unspecified atom stereocenters. The Hall–Kier alpha value is -0.930. The van der Waals surface area contributed by atoms with E-state index in [4.69, 9.17) is 0 Å². The fourth-order valence-electron chi connectivity index (χ4n) is 2.54.